The minimum atomic E-state index is 0.541. The van der Waals surface area contributed by atoms with Crippen molar-refractivity contribution in [3.63, 3.8) is 0 Å². The molecule has 0 aliphatic heterocycles. The third-order valence-electron chi connectivity index (χ3n) is 4.21. The number of hydrogen-bond acceptors (Lipinski definition) is 3. The van der Waals surface area contributed by atoms with Crippen molar-refractivity contribution in [3.05, 3.63) is 29.3 Å². The molecule has 0 bridgehead atoms. The highest BCUT2D eigenvalue weighted by Gasteiger charge is 2.21. The van der Waals surface area contributed by atoms with Gasteiger partial charge in [0.05, 0.1) is 0 Å². The lowest BCUT2D eigenvalue weighted by Gasteiger charge is -2.18. The third kappa shape index (κ3) is 3.74. The molecule has 3 heteroatoms. The average molecular weight is 276 g/mol. The molecule has 1 aromatic carbocycles. The highest BCUT2D eigenvalue weighted by atomic mass is 16.5. The average Bonchev–Trinajstić information content (AvgIpc) is 2.87. The summed E-state index contributed by atoms with van der Waals surface area (Å²) in [7, 11) is 0. The fourth-order valence-electron chi connectivity index (χ4n) is 2.97. The molecule has 1 N–H and O–H groups in total. The van der Waals surface area contributed by atoms with Crippen LogP contribution in [0.1, 0.15) is 44.4 Å². The van der Waals surface area contributed by atoms with Crippen molar-refractivity contribution in [2.24, 2.45) is 0 Å². The van der Waals surface area contributed by atoms with Crippen molar-refractivity contribution in [2.75, 3.05) is 32.8 Å². The van der Waals surface area contributed by atoms with Gasteiger partial charge in [-0.3, -0.25) is 0 Å². The van der Waals surface area contributed by atoms with E-state index in [1.54, 1.807) is 0 Å². The van der Waals surface area contributed by atoms with Crippen LogP contribution in [0.15, 0.2) is 18.2 Å². The molecule has 0 aromatic heterocycles. The van der Waals surface area contributed by atoms with E-state index in [9.17, 15) is 0 Å². The molecule has 1 atom stereocenters. The Balaban J connectivity index is 1.89. The predicted molar refractivity (Wildman–Crippen MR) is 84.5 cm³/mol. The van der Waals surface area contributed by atoms with Crippen LogP contribution in [0.4, 0.5) is 0 Å². The second-order valence-electron chi connectivity index (χ2n) is 5.38. The minimum Gasteiger partial charge on any atom is -0.492 e. The lowest BCUT2D eigenvalue weighted by molar-refractivity contribution is 0.222. The van der Waals surface area contributed by atoms with E-state index < -0.39 is 0 Å². The molecule has 0 saturated heterocycles. The van der Waals surface area contributed by atoms with Gasteiger partial charge in [-0.05, 0) is 55.7 Å². The molecule has 0 heterocycles. The number of aryl methyl sites for hydroxylation is 1. The van der Waals surface area contributed by atoms with Crippen LogP contribution in [-0.4, -0.2) is 37.7 Å². The number of ether oxygens (including phenoxy) is 1. The summed E-state index contributed by atoms with van der Waals surface area (Å²) >= 11 is 0. The first-order valence-electron chi connectivity index (χ1n) is 7.99. The molecule has 1 aliphatic rings. The molecule has 1 aliphatic carbocycles. The van der Waals surface area contributed by atoms with Gasteiger partial charge < -0.3 is 15.0 Å². The van der Waals surface area contributed by atoms with Gasteiger partial charge in [0.1, 0.15) is 12.4 Å². The van der Waals surface area contributed by atoms with Crippen LogP contribution >= 0.6 is 0 Å². The highest BCUT2D eigenvalue weighted by molar-refractivity contribution is 5.40. The molecule has 0 saturated carbocycles. The molecular formula is C17H28N2O. The fraction of sp³-hybridized carbons (Fsp3) is 0.647. The number of nitrogens with zero attached hydrogens (tertiary/aromatic N) is 1. The standard InChI is InChI=1S/C17H28N2O/c1-4-18-17-10-7-14-13-15(8-9-16(14)17)20-12-11-19(5-2)6-3/h8-9,13,17-18H,4-7,10-12H2,1-3H3. The van der Waals surface area contributed by atoms with Crippen molar-refractivity contribution in [1.82, 2.24) is 10.2 Å². The molecule has 0 amide bonds. The summed E-state index contributed by atoms with van der Waals surface area (Å²) in [5, 5.41) is 3.55. The minimum absolute atomic E-state index is 0.541. The van der Waals surface area contributed by atoms with Crippen LogP contribution in [0.3, 0.4) is 0 Å². The largest absolute Gasteiger partial charge is 0.492 e. The van der Waals surface area contributed by atoms with Gasteiger partial charge in [-0.2, -0.15) is 0 Å². The maximum absolute atomic E-state index is 5.90. The van der Waals surface area contributed by atoms with Gasteiger partial charge in [0.15, 0.2) is 0 Å². The molecule has 20 heavy (non-hydrogen) atoms. The molecular weight excluding hydrogens is 248 g/mol. The molecule has 3 nitrogen and oxygen atoms in total. The number of fused-ring (bicyclic) bond motifs is 1. The van der Waals surface area contributed by atoms with E-state index in [0.717, 1.165) is 38.5 Å². The molecule has 112 valence electrons. The summed E-state index contributed by atoms with van der Waals surface area (Å²) in [4.78, 5) is 2.38. The third-order valence-corrected chi connectivity index (χ3v) is 4.21. The number of hydrogen-bond donors (Lipinski definition) is 1. The fourth-order valence-corrected chi connectivity index (χ4v) is 2.97. The van der Waals surface area contributed by atoms with E-state index >= 15 is 0 Å². The number of nitrogens with one attached hydrogen (secondary N) is 1. The zero-order valence-electron chi connectivity index (χ0n) is 13.1. The van der Waals surface area contributed by atoms with Gasteiger partial charge >= 0.3 is 0 Å². The van der Waals surface area contributed by atoms with Crippen LogP contribution in [0.25, 0.3) is 0 Å². The molecule has 0 spiro atoms. The van der Waals surface area contributed by atoms with Crippen molar-refractivity contribution in [1.29, 1.82) is 0 Å². The molecule has 2 rings (SSSR count). The monoisotopic (exact) mass is 276 g/mol. The second kappa shape index (κ2) is 7.65. The highest BCUT2D eigenvalue weighted by Crippen LogP contribution is 2.33. The Kier molecular flexibility index (Phi) is 5.86. The Hall–Kier alpha value is -1.06. The van der Waals surface area contributed by atoms with E-state index in [1.807, 2.05) is 0 Å². The van der Waals surface area contributed by atoms with Gasteiger partial charge in [0, 0.05) is 12.6 Å². The Morgan fingerprint density at radius 2 is 2.05 bits per heavy atom. The number of rotatable bonds is 8. The topological polar surface area (TPSA) is 24.5 Å². The lowest BCUT2D eigenvalue weighted by atomic mass is 10.1. The van der Waals surface area contributed by atoms with Gasteiger partial charge in [0.25, 0.3) is 0 Å². The lowest BCUT2D eigenvalue weighted by Crippen LogP contribution is -2.27. The smallest absolute Gasteiger partial charge is 0.119 e. The Morgan fingerprint density at radius 1 is 1.25 bits per heavy atom. The quantitative estimate of drug-likeness (QED) is 0.790. The van der Waals surface area contributed by atoms with Gasteiger partial charge in [-0.15, -0.1) is 0 Å². The van der Waals surface area contributed by atoms with Crippen LogP contribution in [0, 0.1) is 0 Å². The first kappa shape index (κ1) is 15.3. The maximum atomic E-state index is 5.90. The number of benzene rings is 1. The normalized spacial score (nSPS) is 17.5. The zero-order chi connectivity index (χ0) is 14.4. The summed E-state index contributed by atoms with van der Waals surface area (Å²) in [6.45, 7) is 11.6. The Labute approximate surface area is 123 Å². The van der Waals surface area contributed by atoms with Crippen LogP contribution in [0.5, 0.6) is 5.75 Å². The van der Waals surface area contributed by atoms with Crippen LogP contribution in [-0.2, 0) is 6.42 Å². The van der Waals surface area contributed by atoms with E-state index in [-0.39, 0.29) is 0 Å². The van der Waals surface area contributed by atoms with E-state index in [1.165, 1.54) is 24.0 Å². The SMILES string of the molecule is CCNC1CCc2cc(OCCN(CC)CC)ccc21. The van der Waals surface area contributed by atoms with Crippen LogP contribution in [0.2, 0.25) is 0 Å². The van der Waals surface area contributed by atoms with Crippen molar-refractivity contribution >= 4 is 0 Å². The summed E-state index contributed by atoms with van der Waals surface area (Å²) in [5.74, 6) is 1.02. The summed E-state index contributed by atoms with van der Waals surface area (Å²) in [6, 6.07) is 7.13. The second-order valence-corrected chi connectivity index (χ2v) is 5.38. The molecule has 1 unspecified atom stereocenters. The maximum Gasteiger partial charge on any atom is 0.119 e. The number of likely N-dealkylation sites (N-methyl/N-ethyl adjacent to an activating group) is 1. The van der Waals surface area contributed by atoms with Crippen molar-refractivity contribution < 1.29 is 4.74 Å². The van der Waals surface area contributed by atoms with E-state index in [2.05, 4.69) is 49.2 Å². The Morgan fingerprint density at radius 3 is 2.75 bits per heavy atom. The van der Waals surface area contributed by atoms with Gasteiger partial charge in [-0.1, -0.05) is 26.8 Å². The Bertz CT molecular complexity index is 415. The first-order valence-corrected chi connectivity index (χ1v) is 7.99. The van der Waals surface area contributed by atoms with Crippen molar-refractivity contribution in [3.8, 4) is 5.75 Å². The summed E-state index contributed by atoms with van der Waals surface area (Å²) in [6.07, 6.45) is 2.38. The van der Waals surface area contributed by atoms with Crippen LogP contribution < -0.4 is 10.1 Å². The first-order chi connectivity index (χ1) is 9.78. The molecule has 0 fully saturated rings. The van der Waals surface area contributed by atoms with Gasteiger partial charge in [0.2, 0.25) is 0 Å². The van der Waals surface area contributed by atoms with E-state index in [4.69, 9.17) is 4.74 Å². The predicted octanol–water partition coefficient (Wildman–Crippen LogP) is 3.00. The van der Waals surface area contributed by atoms with E-state index in [0.29, 0.717) is 6.04 Å². The van der Waals surface area contributed by atoms with Crippen molar-refractivity contribution in [2.45, 2.75) is 39.7 Å². The summed E-state index contributed by atoms with van der Waals surface area (Å²) in [5.41, 5.74) is 2.92. The van der Waals surface area contributed by atoms with Gasteiger partial charge in [-0.25, -0.2) is 0 Å². The zero-order valence-corrected chi connectivity index (χ0v) is 13.1. The molecule has 0 radical (unpaired) electrons. The molecule has 1 aromatic rings. The summed E-state index contributed by atoms with van der Waals surface area (Å²) < 4.78 is 5.90.